The number of piperidine rings is 1. The molecule has 5 aliphatic carbocycles. The SMILES string of the molecule is O=C(NC1(C(=O)O)C2C[C@H]3CC4(C2)C3CC41)c1ccc(N2CC3(CCOCC3)c3cc(OC4CCN(c5ncccn5)CC4)ccc32)nc1C(F)(F)F. The summed E-state index contributed by atoms with van der Waals surface area (Å²) in [6, 6.07) is 10.2. The van der Waals surface area contributed by atoms with E-state index in [9.17, 15) is 27.9 Å². The molecular weight excluding hydrogens is 689 g/mol. The fraction of sp³-hybridized carbons (Fsp3) is 0.564. The highest BCUT2D eigenvalue weighted by Gasteiger charge is 2.82. The number of ether oxygens (including phenoxy) is 2. The second-order valence-corrected chi connectivity index (χ2v) is 16.4. The second kappa shape index (κ2) is 11.5. The maximum Gasteiger partial charge on any atom is 0.434 e. The number of carbonyl (C=O) groups is 2. The number of hydrogen-bond donors (Lipinski definition) is 2. The lowest BCUT2D eigenvalue weighted by Crippen LogP contribution is -2.67. The van der Waals surface area contributed by atoms with Gasteiger partial charge in [-0.2, -0.15) is 13.2 Å². The van der Waals surface area contributed by atoms with E-state index in [1.807, 2.05) is 18.2 Å². The van der Waals surface area contributed by atoms with Crippen molar-refractivity contribution in [1.82, 2.24) is 20.3 Å². The topological polar surface area (TPSA) is 130 Å². The van der Waals surface area contributed by atoms with Gasteiger partial charge in [-0.1, -0.05) is 0 Å². The van der Waals surface area contributed by atoms with Crippen molar-refractivity contribution in [3.63, 3.8) is 0 Å². The number of aliphatic carboxylic acids is 1. The van der Waals surface area contributed by atoms with Gasteiger partial charge in [-0.25, -0.2) is 19.7 Å². The standard InChI is InChI=1S/C39H41F3N6O5/c40-39(41,42)32-26(33(49)46-38(34(50)51)23-16-22-19-37(20-23)27(22)18-30(37)38)3-5-31(45-32)48-21-36(8-14-52-15-9-36)28-17-25(2-4-29(28)48)53-24-6-12-47(13-7-24)35-43-10-1-11-44-35/h1-5,10-11,17,22-24,27,30H,6-9,12-16,18-21H2,(H,46,49)(H,50,51)/t22-,23?,27?,30?,37?,38?/m0/s1. The number of carbonyl (C=O) groups excluding carboxylic acids is 1. The van der Waals surface area contributed by atoms with Crippen molar-refractivity contribution in [3.05, 3.63) is 65.6 Å². The first-order chi connectivity index (χ1) is 25.5. The number of carboxylic acids is 1. The van der Waals surface area contributed by atoms with Crippen LogP contribution >= 0.6 is 0 Å². The van der Waals surface area contributed by atoms with Gasteiger partial charge in [0, 0.05) is 69.2 Å². The number of nitrogens with zero attached hydrogens (tertiary/aromatic N) is 5. The fourth-order valence-electron chi connectivity index (χ4n) is 11.8. The van der Waals surface area contributed by atoms with Gasteiger partial charge in [0.05, 0.1) is 5.56 Å². The molecule has 5 heterocycles. The average Bonchev–Trinajstić information content (AvgIpc) is 3.46. The molecule has 2 spiro atoms. The van der Waals surface area contributed by atoms with E-state index >= 15 is 0 Å². The highest BCUT2D eigenvalue weighted by Crippen LogP contribution is 2.82. The zero-order chi connectivity index (χ0) is 36.3. The van der Waals surface area contributed by atoms with Gasteiger partial charge in [0.2, 0.25) is 5.95 Å². The summed E-state index contributed by atoms with van der Waals surface area (Å²) >= 11 is 0. The van der Waals surface area contributed by atoms with Crippen molar-refractivity contribution in [2.75, 3.05) is 42.6 Å². The predicted octanol–water partition coefficient (Wildman–Crippen LogP) is 5.76. The van der Waals surface area contributed by atoms with Gasteiger partial charge >= 0.3 is 12.1 Å². The molecule has 2 aromatic heterocycles. The molecule has 11 rings (SSSR count). The predicted molar refractivity (Wildman–Crippen MR) is 185 cm³/mol. The number of nitrogens with one attached hydrogen (secondary N) is 1. The van der Waals surface area contributed by atoms with E-state index in [1.54, 1.807) is 23.4 Å². The third kappa shape index (κ3) is 4.79. The molecule has 6 atom stereocenters. The first kappa shape index (κ1) is 33.1. The Kier molecular flexibility index (Phi) is 7.20. The van der Waals surface area contributed by atoms with E-state index in [4.69, 9.17) is 9.47 Å². The Labute approximate surface area is 304 Å². The van der Waals surface area contributed by atoms with E-state index < -0.39 is 34.8 Å². The molecule has 278 valence electrons. The number of alkyl halides is 3. The highest BCUT2D eigenvalue weighted by atomic mass is 19.4. The van der Waals surface area contributed by atoms with E-state index in [0.717, 1.165) is 49.7 Å². The number of rotatable bonds is 7. The number of benzene rings is 1. The number of fused-ring (bicyclic) bond motifs is 2. The minimum Gasteiger partial charge on any atom is -0.490 e. The summed E-state index contributed by atoms with van der Waals surface area (Å²) in [6.07, 6.45) is 4.52. The maximum atomic E-state index is 14.8. The summed E-state index contributed by atoms with van der Waals surface area (Å²) in [7, 11) is 0. The first-order valence-electron chi connectivity index (χ1n) is 18.8. The summed E-state index contributed by atoms with van der Waals surface area (Å²) in [4.78, 5) is 43.6. The van der Waals surface area contributed by atoms with E-state index in [-0.39, 0.29) is 34.6 Å². The summed E-state index contributed by atoms with van der Waals surface area (Å²) in [5, 5.41) is 13.3. The van der Waals surface area contributed by atoms with Crippen molar-refractivity contribution in [3.8, 4) is 5.75 Å². The number of aromatic nitrogens is 3. The van der Waals surface area contributed by atoms with Crippen LogP contribution in [-0.4, -0.2) is 76.4 Å². The van der Waals surface area contributed by atoms with Crippen LogP contribution in [0.2, 0.25) is 0 Å². The number of hydrogen-bond acceptors (Lipinski definition) is 9. The van der Waals surface area contributed by atoms with Gasteiger partial charge < -0.3 is 29.7 Å². The van der Waals surface area contributed by atoms with Crippen molar-refractivity contribution in [1.29, 1.82) is 0 Å². The molecule has 3 aromatic rings. The molecule has 2 saturated heterocycles. The number of amides is 1. The molecule has 1 aromatic carbocycles. The van der Waals surface area contributed by atoms with Crippen LogP contribution in [-0.2, 0) is 21.1 Å². The van der Waals surface area contributed by atoms with Crippen LogP contribution in [0.15, 0.2) is 48.8 Å². The van der Waals surface area contributed by atoms with Crippen LogP contribution in [0.4, 0.5) is 30.6 Å². The summed E-state index contributed by atoms with van der Waals surface area (Å²) in [6.45, 7) is 2.96. The van der Waals surface area contributed by atoms with Crippen LogP contribution in [0.5, 0.6) is 5.75 Å². The Balaban J connectivity index is 0.929. The number of halogens is 3. The second-order valence-electron chi connectivity index (χ2n) is 16.4. The van der Waals surface area contributed by atoms with E-state index in [0.29, 0.717) is 75.4 Å². The van der Waals surface area contributed by atoms with Crippen molar-refractivity contribution in [2.45, 2.75) is 74.6 Å². The van der Waals surface area contributed by atoms with Gasteiger partial charge in [-0.3, -0.25) is 4.79 Å². The van der Waals surface area contributed by atoms with E-state index in [2.05, 4.69) is 25.2 Å². The van der Waals surface area contributed by atoms with Crippen molar-refractivity contribution in [2.24, 2.45) is 29.1 Å². The van der Waals surface area contributed by atoms with Gasteiger partial charge in [0.25, 0.3) is 5.91 Å². The summed E-state index contributed by atoms with van der Waals surface area (Å²) in [5.74, 6) is -0.295. The number of anilines is 3. The Morgan fingerprint density at radius 2 is 1.79 bits per heavy atom. The zero-order valence-corrected chi connectivity index (χ0v) is 29.1. The first-order valence-corrected chi connectivity index (χ1v) is 18.8. The third-order valence-corrected chi connectivity index (χ3v) is 14.2. The summed E-state index contributed by atoms with van der Waals surface area (Å²) in [5.41, 5.74) is -2.27. The number of pyridine rings is 1. The Bertz CT molecular complexity index is 1990. The quantitative estimate of drug-likeness (QED) is 0.310. The van der Waals surface area contributed by atoms with Crippen molar-refractivity contribution < 1.29 is 37.3 Å². The molecular formula is C39H41F3N6O5. The maximum absolute atomic E-state index is 14.8. The Morgan fingerprint density at radius 1 is 1.02 bits per heavy atom. The number of carboxylic acid groups (broad SMARTS) is 1. The molecule has 8 aliphatic rings. The van der Waals surface area contributed by atoms with Crippen LogP contribution in [0.1, 0.15) is 73.0 Å². The lowest BCUT2D eigenvalue weighted by atomic mass is 9.36. The molecule has 5 unspecified atom stereocenters. The Morgan fingerprint density at radius 3 is 2.49 bits per heavy atom. The minimum absolute atomic E-state index is 0.00835. The zero-order valence-electron chi connectivity index (χ0n) is 29.1. The van der Waals surface area contributed by atoms with E-state index in [1.165, 1.54) is 6.07 Å². The monoisotopic (exact) mass is 730 g/mol. The fourth-order valence-corrected chi connectivity index (χ4v) is 11.8. The molecule has 53 heavy (non-hydrogen) atoms. The van der Waals surface area contributed by atoms with Gasteiger partial charge in [-0.15, -0.1) is 0 Å². The van der Waals surface area contributed by atoms with Crippen LogP contribution in [0.3, 0.4) is 0 Å². The van der Waals surface area contributed by atoms with Crippen LogP contribution < -0.4 is 19.9 Å². The van der Waals surface area contributed by atoms with Crippen LogP contribution in [0.25, 0.3) is 0 Å². The molecule has 3 aliphatic heterocycles. The average molecular weight is 731 g/mol. The molecule has 0 radical (unpaired) electrons. The largest absolute Gasteiger partial charge is 0.490 e. The highest BCUT2D eigenvalue weighted by molar-refractivity contribution is 6.00. The minimum atomic E-state index is -4.95. The van der Waals surface area contributed by atoms with Crippen molar-refractivity contribution >= 4 is 29.3 Å². The van der Waals surface area contributed by atoms with Crippen LogP contribution in [0, 0.1) is 29.1 Å². The lowest BCUT2D eigenvalue weighted by Gasteiger charge is -2.68. The normalized spacial score (nSPS) is 32.1. The van der Waals surface area contributed by atoms with Gasteiger partial charge in [0.15, 0.2) is 5.69 Å². The molecule has 5 saturated carbocycles. The summed E-state index contributed by atoms with van der Waals surface area (Å²) < 4.78 is 56.7. The molecule has 1 amide bonds. The molecule has 7 fully saturated rings. The molecule has 11 nitrogen and oxygen atoms in total. The lowest BCUT2D eigenvalue weighted by molar-refractivity contribution is -0.197. The smallest absolute Gasteiger partial charge is 0.434 e. The van der Waals surface area contributed by atoms with Gasteiger partial charge in [-0.05, 0) is 110 Å². The third-order valence-electron chi connectivity index (χ3n) is 14.2. The molecule has 14 heteroatoms. The van der Waals surface area contributed by atoms with Gasteiger partial charge in [0.1, 0.15) is 23.2 Å². The Hall–Kier alpha value is -4.46. The molecule has 3 bridgehead atoms. The molecule has 2 N–H and O–H groups in total.